The normalized spacial score (nSPS) is 21.5. The SMILES string of the molecule is CC(C)[C@@H]1CN(c2cc(C3CC3)c3c(c2C#N)CC(C)(C)OC3)CCN1C(=O)Cc1ccccn1. The van der Waals surface area contributed by atoms with Gasteiger partial charge in [-0.1, -0.05) is 19.9 Å². The monoisotopic (exact) mass is 472 g/mol. The average Bonchev–Trinajstić information content (AvgIpc) is 3.68. The molecule has 1 saturated carbocycles. The van der Waals surface area contributed by atoms with Crippen LogP contribution in [0.5, 0.6) is 0 Å². The minimum Gasteiger partial charge on any atom is -0.371 e. The third kappa shape index (κ3) is 4.79. The molecule has 6 heteroatoms. The van der Waals surface area contributed by atoms with Crippen molar-refractivity contribution in [1.29, 1.82) is 5.26 Å². The molecule has 3 aliphatic rings. The van der Waals surface area contributed by atoms with Gasteiger partial charge in [0.2, 0.25) is 5.91 Å². The zero-order valence-electron chi connectivity index (χ0n) is 21.4. The summed E-state index contributed by atoms with van der Waals surface area (Å²) in [4.78, 5) is 22.0. The van der Waals surface area contributed by atoms with Gasteiger partial charge >= 0.3 is 0 Å². The minimum absolute atomic E-state index is 0.0895. The second-order valence-corrected chi connectivity index (χ2v) is 11.3. The summed E-state index contributed by atoms with van der Waals surface area (Å²) in [6.45, 7) is 11.3. The van der Waals surface area contributed by atoms with Crippen LogP contribution in [0.3, 0.4) is 0 Å². The quantitative estimate of drug-likeness (QED) is 0.636. The van der Waals surface area contributed by atoms with E-state index in [0.29, 0.717) is 31.4 Å². The number of fused-ring (bicyclic) bond motifs is 1. The number of piperazine rings is 1. The van der Waals surface area contributed by atoms with Crippen LogP contribution in [0.4, 0.5) is 5.69 Å². The van der Waals surface area contributed by atoms with E-state index in [1.54, 1.807) is 6.20 Å². The molecule has 2 fully saturated rings. The maximum Gasteiger partial charge on any atom is 0.228 e. The molecule has 1 atom stereocenters. The van der Waals surface area contributed by atoms with Crippen molar-refractivity contribution in [3.05, 3.63) is 58.4 Å². The van der Waals surface area contributed by atoms with E-state index < -0.39 is 0 Å². The van der Waals surface area contributed by atoms with Gasteiger partial charge in [-0.2, -0.15) is 5.26 Å². The molecule has 0 spiro atoms. The lowest BCUT2D eigenvalue weighted by Gasteiger charge is -2.45. The van der Waals surface area contributed by atoms with Crippen LogP contribution >= 0.6 is 0 Å². The Hall–Kier alpha value is -2.91. The van der Waals surface area contributed by atoms with Gasteiger partial charge < -0.3 is 14.5 Å². The van der Waals surface area contributed by atoms with Gasteiger partial charge in [0.15, 0.2) is 0 Å². The summed E-state index contributed by atoms with van der Waals surface area (Å²) < 4.78 is 6.16. The van der Waals surface area contributed by atoms with Gasteiger partial charge in [0.1, 0.15) is 6.07 Å². The Bertz CT molecular complexity index is 1150. The van der Waals surface area contributed by atoms with Crippen molar-refractivity contribution in [2.45, 2.75) is 77.5 Å². The van der Waals surface area contributed by atoms with Gasteiger partial charge in [-0.3, -0.25) is 9.78 Å². The Balaban J connectivity index is 1.45. The minimum atomic E-state index is -0.269. The van der Waals surface area contributed by atoms with Crippen molar-refractivity contribution >= 4 is 11.6 Å². The number of amides is 1. The van der Waals surface area contributed by atoms with Crippen LogP contribution in [0.15, 0.2) is 30.5 Å². The first-order valence-electron chi connectivity index (χ1n) is 12.9. The lowest BCUT2D eigenvalue weighted by Crippen LogP contribution is -2.57. The van der Waals surface area contributed by atoms with E-state index in [9.17, 15) is 10.1 Å². The number of ether oxygens (including phenoxy) is 1. The molecule has 1 aromatic carbocycles. The third-order valence-corrected chi connectivity index (χ3v) is 7.81. The lowest BCUT2D eigenvalue weighted by molar-refractivity contribution is -0.134. The molecule has 3 heterocycles. The second-order valence-electron chi connectivity index (χ2n) is 11.3. The summed E-state index contributed by atoms with van der Waals surface area (Å²) in [7, 11) is 0. The Morgan fingerprint density at radius 2 is 2.06 bits per heavy atom. The predicted octanol–water partition coefficient (Wildman–Crippen LogP) is 4.60. The number of pyridine rings is 1. The van der Waals surface area contributed by atoms with E-state index in [-0.39, 0.29) is 17.6 Å². The number of rotatable bonds is 5. The van der Waals surface area contributed by atoms with Crippen LogP contribution in [-0.4, -0.2) is 47.1 Å². The number of nitrogens with zero attached hydrogens (tertiary/aromatic N) is 4. The van der Waals surface area contributed by atoms with E-state index in [0.717, 1.165) is 36.5 Å². The molecule has 0 N–H and O–H groups in total. The number of carbonyl (C=O) groups is 1. The number of nitriles is 1. The fourth-order valence-electron chi connectivity index (χ4n) is 5.70. The smallest absolute Gasteiger partial charge is 0.228 e. The predicted molar refractivity (Wildman–Crippen MR) is 136 cm³/mol. The van der Waals surface area contributed by atoms with Crippen molar-refractivity contribution in [3.63, 3.8) is 0 Å². The fraction of sp³-hybridized carbons (Fsp3) is 0.552. The molecule has 2 aromatic rings. The molecule has 0 radical (unpaired) electrons. The molecule has 2 aliphatic heterocycles. The van der Waals surface area contributed by atoms with Crippen molar-refractivity contribution in [2.75, 3.05) is 24.5 Å². The summed E-state index contributed by atoms with van der Waals surface area (Å²) in [6.07, 6.45) is 5.25. The molecule has 0 unspecified atom stereocenters. The first-order chi connectivity index (χ1) is 16.8. The summed E-state index contributed by atoms with van der Waals surface area (Å²) in [5.74, 6) is 1.02. The topological polar surface area (TPSA) is 69.5 Å². The highest BCUT2D eigenvalue weighted by Gasteiger charge is 2.38. The van der Waals surface area contributed by atoms with Crippen LogP contribution in [0.2, 0.25) is 0 Å². The maximum absolute atomic E-state index is 13.3. The van der Waals surface area contributed by atoms with Crippen molar-refractivity contribution < 1.29 is 9.53 Å². The Morgan fingerprint density at radius 1 is 1.26 bits per heavy atom. The molecule has 6 nitrogen and oxygen atoms in total. The molecule has 5 rings (SSSR count). The van der Waals surface area contributed by atoms with Gasteiger partial charge in [-0.15, -0.1) is 0 Å². The summed E-state index contributed by atoms with van der Waals surface area (Å²) in [5.41, 5.74) is 6.19. The molecule has 1 amide bonds. The largest absolute Gasteiger partial charge is 0.371 e. The highest BCUT2D eigenvalue weighted by molar-refractivity contribution is 5.79. The molecule has 184 valence electrons. The summed E-state index contributed by atoms with van der Waals surface area (Å²) in [5, 5.41) is 10.3. The van der Waals surface area contributed by atoms with Crippen LogP contribution in [0.25, 0.3) is 0 Å². The number of benzene rings is 1. The first-order valence-corrected chi connectivity index (χ1v) is 12.9. The number of aromatic nitrogens is 1. The fourth-order valence-corrected chi connectivity index (χ4v) is 5.70. The molecular weight excluding hydrogens is 436 g/mol. The maximum atomic E-state index is 13.3. The molecule has 1 aliphatic carbocycles. The first kappa shape index (κ1) is 23.8. The van der Waals surface area contributed by atoms with E-state index in [2.05, 4.69) is 49.7 Å². The molecule has 35 heavy (non-hydrogen) atoms. The molecular formula is C29H36N4O2. The molecule has 0 bridgehead atoms. The number of hydrogen-bond donors (Lipinski definition) is 0. The highest BCUT2D eigenvalue weighted by Crippen LogP contribution is 2.47. The van der Waals surface area contributed by atoms with Gasteiger partial charge in [0.25, 0.3) is 0 Å². The third-order valence-electron chi connectivity index (χ3n) is 7.81. The van der Waals surface area contributed by atoms with Crippen LogP contribution in [0, 0.1) is 17.2 Å². The van der Waals surface area contributed by atoms with Gasteiger partial charge in [-0.05, 0) is 73.4 Å². The van der Waals surface area contributed by atoms with E-state index in [4.69, 9.17) is 4.74 Å². The highest BCUT2D eigenvalue weighted by atomic mass is 16.5. The zero-order valence-corrected chi connectivity index (χ0v) is 21.4. The number of hydrogen-bond acceptors (Lipinski definition) is 5. The van der Waals surface area contributed by atoms with Crippen LogP contribution in [0.1, 0.15) is 74.4 Å². The second kappa shape index (κ2) is 9.28. The summed E-state index contributed by atoms with van der Waals surface area (Å²) in [6, 6.07) is 10.6. The number of anilines is 1. The van der Waals surface area contributed by atoms with Crippen LogP contribution in [-0.2, 0) is 29.0 Å². The van der Waals surface area contributed by atoms with Crippen molar-refractivity contribution in [2.24, 2.45) is 5.92 Å². The van der Waals surface area contributed by atoms with Crippen molar-refractivity contribution in [3.8, 4) is 6.07 Å². The molecule has 1 aromatic heterocycles. The Morgan fingerprint density at radius 3 is 2.71 bits per heavy atom. The van der Waals surface area contributed by atoms with Gasteiger partial charge in [0.05, 0.1) is 35.9 Å². The lowest BCUT2D eigenvalue weighted by atomic mass is 9.83. The Kier molecular flexibility index (Phi) is 6.31. The van der Waals surface area contributed by atoms with Crippen molar-refractivity contribution in [1.82, 2.24) is 9.88 Å². The summed E-state index contributed by atoms with van der Waals surface area (Å²) >= 11 is 0. The van der Waals surface area contributed by atoms with E-state index >= 15 is 0 Å². The number of carbonyl (C=O) groups excluding carboxylic acids is 1. The van der Waals surface area contributed by atoms with Crippen LogP contribution < -0.4 is 4.90 Å². The van der Waals surface area contributed by atoms with Gasteiger partial charge in [-0.25, -0.2) is 0 Å². The van der Waals surface area contributed by atoms with E-state index in [1.165, 1.54) is 29.5 Å². The Labute approximate surface area is 208 Å². The average molecular weight is 473 g/mol. The molecule has 1 saturated heterocycles. The van der Waals surface area contributed by atoms with E-state index in [1.807, 2.05) is 23.1 Å². The van der Waals surface area contributed by atoms with Gasteiger partial charge in [0, 0.05) is 37.9 Å². The standard InChI is InChI=1S/C29H36N4O2/c1-19(2)27-17-32(11-12-33(27)28(34)13-21-7-5-6-10-31-21)26-14-22(20-8-9-20)25-18-35-29(3,4)15-23(25)24(26)16-30/h5-7,10,14,19-20,27H,8-9,11-13,15,17-18H2,1-4H3/t27-/m0/s1. The zero-order chi connectivity index (χ0) is 24.7.